The number of hydrogen-bond donors (Lipinski definition) is 2. The molecule has 10 nitrogen and oxygen atoms in total. The van der Waals surface area contributed by atoms with Gasteiger partial charge in [0.1, 0.15) is 5.84 Å². The molecule has 0 bridgehead atoms. The van der Waals surface area contributed by atoms with Crippen LogP contribution in [0.1, 0.15) is 18.4 Å². The number of rotatable bonds is 5. The summed E-state index contributed by atoms with van der Waals surface area (Å²) in [7, 11) is 1.23. The normalized spacial score (nSPS) is 18.1. The molecule has 0 aliphatic carbocycles. The molecule has 2 N–H and O–H groups in total. The van der Waals surface area contributed by atoms with Gasteiger partial charge in [-0.25, -0.2) is 9.59 Å². The molecule has 192 valence electrons. The number of esters is 2. The highest BCUT2D eigenvalue weighted by Crippen LogP contribution is 2.22. The number of alkyl halides is 3. The Balaban J connectivity index is 1.41. The van der Waals surface area contributed by atoms with Crippen molar-refractivity contribution < 1.29 is 37.0 Å². The van der Waals surface area contributed by atoms with Gasteiger partial charge in [-0.3, -0.25) is 25.3 Å². The molecular formula is C22H28F3N5O5. The fourth-order valence-corrected chi connectivity index (χ4v) is 4.23. The molecule has 2 fully saturated rings. The number of carbonyl (C=O) groups is 3. The van der Waals surface area contributed by atoms with Crippen molar-refractivity contribution in [2.24, 2.45) is 0 Å². The van der Waals surface area contributed by atoms with E-state index in [1.165, 1.54) is 7.11 Å². The van der Waals surface area contributed by atoms with Gasteiger partial charge in [-0.15, -0.1) is 0 Å². The van der Waals surface area contributed by atoms with Crippen LogP contribution >= 0.6 is 0 Å². The minimum absolute atomic E-state index is 0.0419. The second kappa shape index (κ2) is 11.5. The van der Waals surface area contributed by atoms with E-state index in [-0.39, 0.29) is 12.4 Å². The second-order valence-electron chi connectivity index (χ2n) is 8.33. The largest absolute Gasteiger partial charge is 0.491 e. The Kier molecular flexibility index (Phi) is 8.67. The summed E-state index contributed by atoms with van der Waals surface area (Å²) in [6, 6.07) is 7.65. The molecule has 1 aromatic carbocycles. The van der Waals surface area contributed by atoms with E-state index in [0.29, 0.717) is 24.7 Å². The van der Waals surface area contributed by atoms with Crippen LogP contribution < -0.4 is 10.2 Å². The van der Waals surface area contributed by atoms with Crippen LogP contribution in [0.3, 0.4) is 0 Å². The molecule has 1 amide bonds. The summed E-state index contributed by atoms with van der Waals surface area (Å²) in [5.74, 6) is -3.72. The topological polar surface area (TPSA) is 115 Å². The molecule has 2 aliphatic heterocycles. The van der Waals surface area contributed by atoms with Crippen LogP contribution in [0.2, 0.25) is 0 Å². The van der Waals surface area contributed by atoms with Gasteiger partial charge in [-0.05, 0) is 37.1 Å². The number of alkyl carbamates (subject to hydrolysis) is 1. The number of amidine groups is 1. The van der Waals surface area contributed by atoms with E-state index in [0.717, 1.165) is 44.7 Å². The second-order valence-corrected chi connectivity index (χ2v) is 8.33. The van der Waals surface area contributed by atoms with Crippen LogP contribution in [0.4, 0.5) is 23.7 Å². The first kappa shape index (κ1) is 26.4. The first-order chi connectivity index (χ1) is 16.6. The monoisotopic (exact) mass is 499 g/mol. The highest BCUT2D eigenvalue weighted by molar-refractivity contribution is 6.04. The summed E-state index contributed by atoms with van der Waals surface area (Å²) in [5.41, 5.74) is 1.58. The van der Waals surface area contributed by atoms with Crippen molar-refractivity contribution in [2.45, 2.75) is 25.1 Å². The van der Waals surface area contributed by atoms with Gasteiger partial charge in [0.25, 0.3) is 0 Å². The zero-order valence-corrected chi connectivity index (χ0v) is 19.3. The number of amides is 1. The van der Waals surface area contributed by atoms with Gasteiger partial charge in [-0.2, -0.15) is 13.2 Å². The van der Waals surface area contributed by atoms with E-state index < -0.39 is 24.2 Å². The lowest BCUT2D eigenvalue weighted by atomic mass is 10.0. The predicted octanol–water partition coefficient (Wildman–Crippen LogP) is 1.59. The Bertz CT molecular complexity index is 924. The van der Waals surface area contributed by atoms with Crippen LogP contribution in [-0.4, -0.2) is 98.8 Å². The fourth-order valence-electron chi connectivity index (χ4n) is 4.23. The number of carbonyl (C=O) groups excluding carboxylic acids is 3. The molecule has 1 aromatic rings. The highest BCUT2D eigenvalue weighted by atomic mass is 19.4. The van der Waals surface area contributed by atoms with Gasteiger partial charge in [0, 0.05) is 56.6 Å². The van der Waals surface area contributed by atoms with Crippen LogP contribution in [0, 0.1) is 5.41 Å². The lowest BCUT2D eigenvalue weighted by molar-refractivity contribution is -0.202. The van der Waals surface area contributed by atoms with E-state index in [1.54, 1.807) is 17.0 Å². The predicted molar refractivity (Wildman–Crippen MR) is 119 cm³/mol. The zero-order chi connectivity index (χ0) is 25.6. The first-order valence-corrected chi connectivity index (χ1v) is 11.1. The van der Waals surface area contributed by atoms with Gasteiger partial charge in [0.05, 0.1) is 13.7 Å². The van der Waals surface area contributed by atoms with Crippen molar-refractivity contribution in [3.05, 3.63) is 29.8 Å². The number of hydrogen-bond acceptors (Lipinski definition) is 9. The van der Waals surface area contributed by atoms with Crippen molar-refractivity contribution in [3.8, 4) is 0 Å². The van der Waals surface area contributed by atoms with Crippen molar-refractivity contribution in [2.75, 3.05) is 57.8 Å². The van der Waals surface area contributed by atoms with E-state index in [1.807, 2.05) is 12.1 Å². The first-order valence-electron chi connectivity index (χ1n) is 11.1. The van der Waals surface area contributed by atoms with Crippen LogP contribution in [0.5, 0.6) is 0 Å². The molecule has 3 rings (SSSR count). The molecule has 13 heteroatoms. The summed E-state index contributed by atoms with van der Waals surface area (Å²) >= 11 is 0. The van der Waals surface area contributed by atoms with Crippen LogP contribution in [0.25, 0.3) is 0 Å². The van der Waals surface area contributed by atoms with E-state index >= 15 is 0 Å². The fraction of sp³-hybridized carbons (Fsp3) is 0.545. The smallest absolute Gasteiger partial charge is 0.453 e. The SMILES string of the molecule is COC(=O)NC(=N)c1ccc(N2CCN(C3CCN(CC(=O)OC(=O)C(F)(F)F)CC3)CC2)cc1. The third-order valence-electron chi connectivity index (χ3n) is 6.11. The number of piperazine rings is 1. The van der Waals surface area contributed by atoms with Crippen molar-refractivity contribution >= 4 is 29.6 Å². The Labute approximate surface area is 200 Å². The average Bonchev–Trinajstić information content (AvgIpc) is 2.84. The quantitative estimate of drug-likeness (QED) is 0.272. The Morgan fingerprint density at radius 2 is 1.63 bits per heavy atom. The van der Waals surface area contributed by atoms with Crippen LogP contribution in [0.15, 0.2) is 24.3 Å². The number of benzene rings is 1. The summed E-state index contributed by atoms with van der Waals surface area (Å²) in [6.07, 6.45) is -4.34. The summed E-state index contributed by atoms with van der Waals surface area (Å²) < 4.78 is 45.0. The number of nitrogens with one attached hydrogen (secondary N) is 2. The molecule has 35 heavy (non-hydrogen) atoms. The molecular weight excluding hydrogens is 471 g/mol. The number of methoxy groups -OCH3 is 1. The molecule has 0 unspecified atom stereocenters. The Morgan fingerprint density at radius 1 is 1.03 bits per heavy atom. The van der Waals surface area contributed by atoms with Gasteiger partial charge >= 0.3 is 24.2 Å². The summed E-state index contributed by atoms with van der Waals surface area (Å²) in [6.45, 7) is 4.03. The van der Waals surface area contributed by atoms with Crippen molar-refractivity contribution in [1.29, 1.82) is 5.41 Å². The minimum Gasteiger partial charge on any atom is -0.453 e. The van der Waals surface area contributed by atoms with Crippen molar-refractivity contribution in [1.82, 2.24) is 15.1 Å². The number of anilines is 1. The molecule has 0 radical (unpaired) electrons. The van der Waals surface area contributed by atoms with Gasteiger partial charge in [0.2, 0.25) is 0 Å². The van der Waals surface area contributed by atoms with E-state index in [2.05, 4.69) is 24.6 Å². The molecule has 2 heterocycles. The lowest BCUT2D eigenvalue weighted by Gasteiger charge is -2.43. The van der Waals surface area contributed by atoms with Gasteiger partial charge in [0.15, 0.2) is 0 Å². The number of nitrogens with zero attached hydrogens (tertiary/aromatic N) is 3. The zero-order valence-electron chi connectivity index (χ0n) is 19.3. The van der Waals surface area contributed by atoms with Gasteiger partial charge in [-0.1, -0.05) is 0 Å². The average molecular weight is 499 g/mol. The summed E-state index contributed by atoms with van der Waals surface area (Å²) in [4.78, 5) is 39.9. The molecule has 2 saturated heterocycles. The highest BCUT2D eigenvalue weighted by Gasteiger charge is 2.42. The Morgan fingerprint density at radius 3 is 2.17 bits per heavy atom. The number of ether oxygens (including phenoxy) is 2. The number of piperidine rings is 1. The standard InChI is InChI=1S/C22H28F3N5O5/c1-34-21(33)27-19(26)15-2-4-16(5-3-15)29-10-12-30(13-11-29)17-6-8-28(9-7-17)14-18(31)35-20(32)22(23,24)25/h2-5,17H,6-14H2,1H3,(H2,26,27,33). The van der Waals surface area contributed by atoms with Crippen molar-refractivity contribution in [3.63, 3.8) is 0 Å². The molecule has 2 aliphatic rings. The lowest BCUT2D eigenvalue weighted by Crippen LogP contribution is -2.53. The summed E-state index contributed by atoms with van der Waals surface area (Å²) in [5, 5.41) is 10.2. The molecule has 0 atom stereocenters. The molecule has 0 saturated carbocycles. The van der Waals surface area contributed by atoms with E-state index in [9.17, 15) is 27.6 Å². The molecule has 0 spiro atoms. The Hall–Kier alpha value is -3.19. The number of halogens is 3. The van der Waals surface area contributed by atoms with Gasteiger partial charge < -0.3 is 14.4 Å². The number of likely N-dealkylation sites (tertiary alicyclic amines) is 1. The maximum absolute atomic E-state index is 12.2. The maximum atomic E-state index is 12.2. The third kappa shape index (κ3) is 7.39. The minimum atomic E-state index is -5.18. The molecule has 0 aromatic heterocycles. The van der Waals surface area contributed by atoms with Crippen LogP contribution in [-0.2, 0) is 19.1 Å². The van der Waals surface area contributed by atoms with E-state index in [4.69, 9.17) is 5.41 Å². The maximum Gasteiger partial charge on any atom is 0.491 e. The third-order valence-corrected chi connectivity index (χ3v) is 6.11.